The maximum atomic E-state index is 10.6. The Balaban J connectivity index is 2.15. The summed E-state index contributed by atoms with van der Waals surface area (Å²) in [5, 5.41) is 14.6. The Morgan fingerprint density at radius 3 is 2.59 bits per heavy atom. The smallest absolute Gasteiger partial charge is 0.287 e. The summed E-state index contributed by atoms with van der Waals surface area (Å²) in [6, 6.07) is 10.5. The largest absolute Gasteiger partial charge is 0.385 e. The van der Waals surface area contributed by atoms with Crippen LogP contribution in [0.2, 0.25) is 5.02 Å². The third kappa shape index (κ3) is 4.41. The molecule has 1 aromatic heterocycles. The fourth-order valence-electron chi connectivity index (χ4n) is 2.01. The minimum absolute atomic E-state index is 0.0221. The molecule has 0 aliphatic rings. The lowest BCUT2D eigenvalue weighted by atomic mass is 10.0. The van der Waals surface area contributed by atoms with Gasteiger partial charge in [-0.25, -0.2) is 4.98 Å². The van der Waals surface area contributed by atoms with Gasteiger partial charge in [0.1, 0.15) is 12.0 Å². The molecule has 7 heteroatoms. The topological polar surface area (TPSA) is 77.3 Å². The van der Waals surface area contributed by atoms with Gasteiger partial charge in [-0.1, -0.05) is 23.7 Å². The Bertz CT molecular complexity index is 617. The number of ether oxygens (including phenoxy) is 1. The lowest BCUT2D eigenvalue weighted by Gasteiger charge is -2.19. The molecule has 0 spiro atoms. The molecule has 0 bridgehead atoms. The Kier molecular flexibility index (Phi) is 5.68. The number of aromatic nitrogens is 1. The van der Waals surface area contributed by atoms with E-state index >= 15 is 0 Å². The van der Waals surface area contributed by atoms with Crippen LogP contribution in [-0.2, 0) is 4.74 Å². The second kappa shape index (κ2) is 7.72. The molecule has 1 aromatic carbocycles. The molecule has 2 rings (SSSR count). The van der Waals surface area contributed by atoms with Gasteiger partial charge in [-0.3, -0.25) is 10.1 Å². The molecule has 0 aliphatic heterocycles. The molecule has 0 radical (unpaired) electrons. The van der Waals surface area contributed by atoms with Gasteiger partial charge in [0.2, 0.25) is 0 Å². The number of hydrogen-bond donors (Lipinski definition) is 1. The standard InChI is InChI=1S/C15H16ClN3O3/c1-22-9-8-14(11-2-4-12(16)5-3-11)18-15-7-6-13(10-17-15)19(20)21/h2-7,10,14H,8-9H2,1H3,(H,17,18). The fourth-order valence-corrected chi connectivity index (χ4v) is 2.14. The highest BCUT2D eigenvalue weighted by Gasteiger charge is 2.13. The Labute approximate surface area is 133 Å². The Hall–Kier alpha value is -2.18. The summed E-state index contributed by atoms with van der Waals surface area (Å²) in [6.45, 7) is 0.577. The van der Waals surface area contributed by atoms with E-state index in [1.54, 1.807) is 13.2 Å². The van der Waals surface area contributed by atoms with Crippen molar-refractivity contribution in [3.63, 3.8) is 0 Å². The SMILES string of the molecule is COCCC(Nc1ccc([N+](=O)[O-])cn1)c1ccc(Cl)cc1. The number of rotatable bonds is 7. The van der Waals surface area contributed by atoms with Crippen molar-refractivity contribution in [3.05, 3.63) is 63.3 Å². The van der Waals surface area contributed by atoms with E-state index in [1.165, 1.54) is 12.3 Å². The Morgan fingerprint density at radius 2 is 2.05 bits per heavy atom. The molecule has 1 heterocycles. The van der Waals surface area contributed by atoms with Gasteiger partial charge in [-0.15, -0.1) is 0 Å². The summed E-state index contributed by atoms with van der Waals surface area (Å²) < 4.78 is 5.13. The molecular weight excluding hydrogens is 306 g/mol. The molecule has 22 heavy (non-hydrogen) atoms. The second-order valence-corrected chi connectivity index (χ2v) is 5.13. The molecule has 0 amide bonds. The van der Waals surface area contributed by atoms with E-state index in [2.05, 4.69) is 10.3 Å². The van der Waals surface area contributed by atoms with Crippen LogP contribution >= 0.6 is 11.6 Å². The van der Waals surface area contributed by atoms with Crippen LogP contribution in [0.25, 0.3) is 0 Å². The van der Waals surface area contributed by atoms with Crippen molar-refractivity contribution >= 4 is 23.1 Å². The van der Waals surface area contributed by atoms with Crippen LogP contribution < -0.4 is 5.32 Å². The summed E-state index contributed by atoms with van der Waals surface area (Å²) in [7, 11) is 1.64. The molecule has 0 saturated heterocycles. The first kappa shape index (κ1) is 16.2. The van der Waals surface area contributed by atoms with Crippen LogP contribution in [-0.4, -0.2) is 23.6 Å². The molecule has 0 saturated carbocycles. The first-order valence-corrected chi connectivity index (χ1v) is 7.09. The van der Waals surface area contributed by atoms with E-state index < -0.39 is 4.92 Å². The van der Waals surface area contributed by atoms with Crippen molar-refractivity contribution in [1.29, 1.82) is 0 Å². The molecule has 116 valence electrons. The van der Waals surface area contributed by atoms with E-state index in [1.807, 2.05) is 24.3 Å². The van der Waals surface area contributed by atoms with Crippen molar-refractivity contribution in [2.45, 2.75) is 12.5 Å². The van der Waals surface area contributed by atoms with Gasteiger partial charge >= 0.3 is 0 Å². The van der Waals surface area contributed by atoms with Gasteiger partial charge < -0.3 is 10.1 Å². The van der Waals surface area contributed by atoms with Crippen LogP contribution in [0.4, 0.5) is 11.5 Å². The molecule has 1 atom stereocenters. The van der Waals surface area contributed by atoms with Crippen molar-refractivity contribution in [2.75, 3.05) is 19.0 Å². The van der Waals surface area contributed by atoms with Gasteiger partial charge in [0.05, 0.1) is 11.0 Å². The van der Waals surface area contributed by atoms with Gasteiger partial charge in [0.25, 0.3) is 5.69 Å². The monoisotopic (exact) mass is 321 g/mol. The number of pyridine rings is 1. The highest BCUT2D eigenvalue weighted by atomic mass is 35.5. The number of halogens is 1. The fraction of sp³-hybridized carbons (Fsp3) is 0.267. The minimum Gasteiger partial charge on any atom is -0.385 e. The van der Waals surface area contributed by atoms with E-state index in [0.717, 1.165) is 12.0 Å². The van der Waals surface area contributed by atoms with Crippen molar-refractivity contribution in [3.8, 4) is 0 Å². The predicted molar refractivity (Wildman–Crippen MR) is 85.2 cm³/mol. The zero-order valence-electron chi connectivity index (χ0n) is 12.0. The van der Waals surface area contributed by atoms with Crippen LogP contribution in [0.1, 0.15) is 18.0 Å². The van der Waals surface area contributed by atoms with Crippen molar-refractivity contribution in [1.82, 2.24) is 4.98 Å². The summed E-state index contributed by atoms with van der Waals surface area (Å²) in [6.07, 6.45) is 1.97. The molecule has 2 aromatic rings. The minimum atomic E-state index is -0.474. The number of benzene rings is 1. The maximum Gasteiger partial charge on any atom is 0.287 e. The molecular formula is C15H16ClN3O3. The number of methoxy groups -OCH3 is 1. The summed E-state index contributed by atoms with van der Waals surface area (Å²) in [4.78, 5) is 14.2. The van der Waals surface area contributed by atoms with E-state index in [-0.39, 0.29) is 11.7 Å². The average Bonchev–Trinajstić information content (AvgIpc) is 2.52. The summed E-state index contributed by atoms with van der Waals surface area (Å²) in [5.74, 6) is 0.571. The molecule has 0 fully saturated rings. The van der Waals surface area contributed by atoms with E-state index in [9.17, 15) is 10.1 Å². The van der Waals surface area contributed by atoms with E-state index in [0.29, 0.717) is 17.4 Å². The first-order valence-electron chi connectivity index (χ1n) is 6.71. The molecule has 6 nitrogen and oxygen atoms in total. The maximum absolute atomic E-state index is 10.6. The quantitative estimate of drug-likeness (QED) is 0.619. The second-order valence-electron chi connectivity index (χ2n) is 4.69. The average molecular weight is 322 g/mol. The van der Waals surface area contributed by atoms with Gasteiger partial charge in [0.15, 0.2) is 0 Å². The zero-order chi connectivity index (χ0) is 15.9. The lowest BCUT2D eigenvalue weighted by Crippen LogP contribution is -2.14. The lowest BCUT2D eigenvalue weighted by molar-refractivity contribution is -0.385. The molecule has 1 unspecified atom stereocenters. The number of nitrogens with zero attached hydrogens (tertiary/aromatic N) is 2. The van der Waals surface area contributed by atoms with Gasteiger partial charge in [-0.2, -0.15) is 0 Å². The van der Waals surface area contributed by atoms with Crippen molar-refractivity contribution < 1.29 is 9.66 Å². The number of anilines is 1. The third-order valence-corrected chi connectivity index (χ3v) is 3.42. The van der Waals surface area contributed by atoms with Crippen LogP contribution in [0.5, 0.6) is 0 Å². The van der Waals surface area contributed by atoms with Crippen LogP contribution in [0, 0.1) is 10.1 Å². The van der Waals surface area contributed by atoms with E-state index in [4.69, 9.17) is 16.3 Å². The summed E-state index contributed by atoms with van der Waals surface area (Å²) >= 11 is 5.91. The Morgan fingerprint density at radius 1 is 1.32 bits per heavy atom. The number of hydrogen-bond acceptors (Lipinski definition) is 5. The number of nitro groups is 1. The van der Waals surface area contributed by atoms with Crippen molar-refractivity contribution in [2.24, 2.45) is 0 Å². The highest BCUT2D eigenvalue weighted by molar-refractivity contribution is 6.30. The predicted octanol–water partition coefficient (Wildman–Crippen LogP) is 3.83. The van der Waals surface area contributed by atoms with Crippen LogP contribution in [0.15, 0.2) is 42.6 Å². The summed E-state index contributed by atoms with van der Waals surface area (Å²) in [5.41, 5.74) is 1.01. The van der Waals surface area contributed by atoms with Gasteiger partial charge in [-0.05, 0) is 30.2 Å². The molecule has 0 aliphatic carbocycles. The highest BCUT2D eigenvalue weighted by Crippen LogP contribution is 2.24. The third-order valence-electron chi connectivity index (χ3n) is 3.16. The number of nitrogens with one attached hydrogen (secondary N) is 1. The first-order chi connectivity index (χ1) is 10.6. The molecule has 1 N–H and O–H groups in total. The normalized spacial score (nSPS) is 11.9. The van der Waals surface area contributed by atoms with Crippen LogP contribution in [0.3, 0.4) is 0 Å². The van der Waals surface area contributed by atoms with Gasteiger partial charge in [0, 0.05) is 24.8 Å². The zero-order valence-corrected chi connectivity index (χ0v) is 12.8.